The minimum absolute atomic E-state index is 1.67. The first-order valence-electron chi connectivity index (χ1n) is 4.30. The fourth-order valence-electron chi connectivity index (χ4n) is 1.23. The van der Waals surface area contributed by atoms with Crippen LogP contribution in [0, 0.1) is 0 Å². The molecule has 1 rings (SSSR count). The van der Waals surface area contributed by atoms with Gasteiger partial charge in [0, 0.05) is 0 Å². The van der Waals surface area contributed by atoms with Gasteiger partial charge in [0.2, 0.25) is 0 Å². The summed E-state index contributed by atoms with van der Waals surface area (Å²) in [7, 11) is -5.14. The lowest BCUT2D eigenvalue weighted by Gasteiger charge is -2.36. The largest absolute Gasteiger partial charge is 0.527 e. The highest BCUT2D eigenvalue weighted by Crippen LogP contribution is 2.37. The van der Waals surface area contributed by atoms with Crippen molar-refractivity contribution in [3.8, 4) is 0 Å². The van der Waals surface area contributed by atoms with Crippen LogP contribution >= 0.6 is 7.82 Å². The van der Waals surface area contributed by atoms with Gasteiger partial charge >= 0.3 is 13.8 Å². The van der Waals surface area contributed by atoms with E-state index in [4.69, 9.17) is 20.0 Å². The average Bonchev–Trinajstić information content (AvgIpc) is 2.17. The number of carbonyl (C=O) groups excluding carboxylic acids is 1. The van der Waals surface area contributed by atoms with Crippen molar-refractivity contribution >= 4 is 13.8 Å². The zero-order chi connectivity index (χ0) is 13.4. The van der Waals surface area contributed by atoms with Gasteiger partial charge < -0.3 is 29.7 Å². The maximum Gasteiger partial charge on any atom is 0.527 e. The van der Waals surface area contributed by atoms with E-state index >= 15 is 0 Å². The van der Waals surface area contributed by atoms with Gasteiger partial charge in [-0.15, -0.1) is 0 Å². The first kappa shape index (κ1) is 14.5. The van der Waals surface area contributed by atoms with Crippen LogP contribution in [0.5, 0.6) is 0 Å². The van der Waals surface area contributed by atoms with Gasteiger partial charge in [-0.3, -0.25) is 9.79 Å². The van der Waals surface area contributed by atoms with Crippen LogP contribution in [0.15, 0.2) is 0 Å². The van der Waals surface area contributed by atoms with Crippen LogP contribution in [0.4, 0.5) is 0 Å². The highest BCUT2D eigenvalue weighted by atomic mass is 31.2. The molecule has 0 bridgehead atoms. The van der Waals surface area contributed by atoms with Gasteiger partial charge in [-0.2, -0.15) is 0 Å². The van der Waals surface area contributed by atoms with Gasteiger partial charge in [-0.1, -0.05) is 0 Å². The number of phosphoric ester groups is 1. The minimum atomic E-state index is -5.14. The second-order valence-corrected chi connectivity index (χ2v) is 4.48. The minimum Gasteiger partial charge on any atom is -0.387 e. The highest BCUT2D eigenvalue weighted by Gasteiger charge is 2.48. The number of phosphoric acid groups is 1. The van der Waals surface area contributed by atoms with Crippen molar-refractivity contribution in [3.05, 3.63) is 0 Å². The summed E-state index contributed by atoms with van der Waals surface area (Å²) in [5, 5.41) is 36.6. The lowest BCUT2D eigenvalue weighted by atomic mass is 9.99. The quantitative estimate of drug-likeness (QED) is 0.276. The fraction of sp³-hybridized carbons (Fsp3) is 0.833. The molecule has 11 heteroatoms. The lowest BCUT2D eigenvalue weighted by Crippen LogP contribution is -2.59. The normalized spacial score (nSPS) is 38.8. The molecule has 1 fully saturated rings. The van der Waals surface area contributed by atoms with E-state index < -0.39 is 44.5 Å². The van der Waals surface area contributed by atoms with E-state index in [1.54, 1.807) is 0 Å². The maximum absolute atomic E-state index is 11.1. The van der Waals surface area contributed by atoms with E-state index in [1.165, 1.54) is 0 Å². The molecule has 1 heterocycles. The van der Waals surface area contributed by atoms with Crippen LogP contribution < -0.4 is 0 Å². The third-order valence-corrected chi connectivity index (χ3v) is 2.45. The Hall–Kier alpha value is -0.580. The van der Waals surface area contributed by atoms with E-state index in [0.717, 1.165) is 0 Å². The zero-order valence-corrected chi connectivity index (χ0v) is 9.04. The van der Waals surface area contributed by atoms with E-state index in [2.05, 4.69) is 9.26 Å². The van der Waals surface area contributed by atoms with Gasteiger partial charge in [0.05, 0.1) is 0 Å². The third-order valence-electron chi connectivity index (χ3n) is 2.03. The van der Waals surface area contributed by atoms with Gasteiger partial charge in [-0.25, -0.2) is 9.36 Å². The summed E-state index contributed by atoms with van der Waals surface area (Å²) in [5.41, 5.74) is 0. The molecule has 0 aromatic heterocycles. The molecule has 10 nitrogen and oxygen atoms in total. The SMILES string of the molecule is O=C(OP(=O)(O)O)C1OC(O)C(O)C(O)C1O. The van der Waals surface area contributed by atoms with Crippen LogP contribution in [0.1, 0.15) is 0 Å². The Balaban J connectivity index is 2.77. The second kappa shape index (κ2) is 4.96. The topological polar surface area (TPSA) is 174 Å². The summed E-state index contributed by atoms with van der Waals surface area (Å²) in [5.74, 6) is -1.67. The summed E-state index contributed by atoms with van der Waals surface area (Å²) in [6, 6.07) is 0. The van der Waals surface area contributed by atoms with Gasteiger partial charge in [0.1, 0.15) is 18.3 Å². The fourth-order valence-corrected chi connectivity index (χ4v) is 1.56. The van der Waals surface area contributed by atoms with E-state index in [-0.39, 0.29) is 0 Å². The zero-order valence-electron chi connectivity index (χ0n) is 8.15. The molecule has 1 aliphatic heterocycles. The Bertz CT molecular complexity index is 338. The maximum atomic E-state index is 11.1. The number of aliphatic hydroxyl groups excluding tert-OH is 4. The average molecular weight is 274 g/mol. The van der Waals surface area contributed by atoms with E-state index in [9.17, 15) is 19.6 Å². The number of hydrogen-bond acceptors (Lipinski definition) is 8. The summed E-state index contributed by atoms with van der Waals surface area (Å²) in [4.78, 5) is 27.8. The van der Waals surface area contributed by atoms with Gasteiger partial charge in [-0.05, 0) is 0 Å². The third kappa shape index (κ3) is 3.44. The molecular formula is C6H11O10P. The van der Waals surface area contributed by atoms with Gasteiger partial charge in [0.25, 0.3) is 0 Å². The Morgan fingerprint density at radius 3 is 2.06 bits per heavy atom. The summed E-state index contributed by atoms with van der Waals surface area (Å²) >= 11 is 0. The number of aliphatic hydroxyl groups is 4. The Morgan fingerprint density at radius 1 is 1.06 bits per heavy atom. The molecule has 17 heavy (non-hydrogen) atoms. The molecule has 1 aliphatic rings. The lowest BCUT2D eigenvalue weighted by molar-refractivity contribution is -0.279. The number of ether oxygens (including phenoxy) is 1. The Kier molecular flexibility index (Phi) is 4.23. The molecule has 0 amide bonds. The van der Waals surface area contributed by atoms with Crippen LogP contribution in [-0.4, -0.2) is 66.9 Å². The standard InChI is InChI=1S/C6H11O10P/c7-1-2(8)4(15-5(10)3(1)9)6(11)16-17(12,13)14/h1-5,7-10H,(H2,12,13,14). The molecular weight excluding hydrogens is 263 g/mol. The van der Waals surface area contributed by atoms with Crippen molar-refractivity contribution in [1.82, 2.24) is 0 Å². The molecule has 0 aliphatic carbocycles. The van der Waals surface area contributed by atoms with Crippen molar-refractivity contribution in [2.24, 2.45) is 0 Å². The summed E-state index contributed by atoms with van der Waals surface area (Å²) in [6.07, 6.45) is -9.79. The predicted octanol–water partition coefficient (Wildman–Crippen LogP) is -3.58. The molecule has 100 valence electrons. The Morgan fingerprint density at radius 2 is 1.59 bits per heavy atom. The Labute approximate surface area is 94.3 Å². The first-order valence-corrected chi connectivity index (χ1v) is 5.83. The van der Waals surface area contributed by atoms with Crippen LogP contribution in [-0.2, 0) is 18.6 Å². The molecule has 6 N–H and O–H groups in total. The molecule has 0 aromatic carbocycles. The monoisotopic (exact) mass is 274 g/mol. The number of rotatable bonds is 2. The highest BCUT2D eigenvalue weighted by molar-refractivity contribution is 7.46. The molecule has 0 aromatic rings. The first-order chi connectivity index (χ1) is 7.63. The van der Waals surface area contributed by atoms with Crippen LogP contribution in [0.2, 0.25) is 0 Å². The number of carbonyl (C=O) groups is 1. The van der Waals surface area contributed by atoms with Crippen LogP contribution in [0.25, 0.3) is 0 Å². The van der Waals surface area contributed by atoms with Crippen molar-refractivity contribution in [1.29, 1.82) is 0 Å². The number of hydrogen-bond donors (Lipinski definition) is 6. The predicted molar refractivity (Wildman–Crippen MR) is 47.0 cm³/mol. The molecule has 0 radical (unpaired) electrons. The van der Waals surface area contributed by atoms with Crippen molar-refractivity contribution in [3.63, 3.8) is 0 Å². The van der Waals surface area contributed by atoms with Crippen molar-refractivity contribution in [2.45, 2.75) is 30.7 Å². The molecule has 0 spiro atoms. The van der Waals surface area contributed by atoms with E-state index in [1.807, 2.05) is 0 Å². The molecule has 5 atom stereocenters. The second-order valence-electron chi connectivity index (χ2n) is 3.32. The van der Waals surface area contributed by atoms with Crippen LogP contribution in [0.3, 0.4) is 0 Å². The molecule has 0 saturated carbocycles. The smallest absolute Gasteiger partial charge is 0.387 e. The molecule has 5 unspecified atom stereocenters. The summed E-state index contributed by atoms with van der Waals surface area (Å²) in [6.45, 7) is 0. The summed E-state index contributed by atoms with van der Waals surface area (Å²) < 4.78 is 18.3. The van der Waals surface area contributed by atoms with Crippen molar-refractivity contribution in [2.75, 3.05) is 0 Å². The van der Waals surface area contributed by atoms with Crippen molar-refractivity contribution < 1.29 is 48.8 Å². The molecule has 1 saturated heterocycles. The van der Waals surface area contributed by atoms with E-state index in [0.29, 0.717) is 0 Å². The van der Waals surface area contributed by atoms with Gasteiger partial charge in [0.15, 0.2) is 12.4 Å².